The summed E-state index contributed by atoms with van der Waals surface area (Å²) in [6, 6.07) is 0. The minimum atomic E-state index is -0.196. The highest BCUT2D eigenvalue weighted by Crippen LogP contribution is 2.24. The molecule has 0 spiro atoms. The maximum absolute atomic E-state index is 11.8. The molecule has 0 aliphatic heterocycles. The highest BCUT2D eigenvalue weighted by Gasteiger charge is 2.20. The normalized spacial score (nSPS) is 11.6. The standard InChI is InChI=1S/C15H27N5O/c1-9(2)7-17-11(21)8-18-13-10(3)12(16)19-14(20-13)15(4,5)6/h9H,7-8H2,1-6H3,(H,17,21)(H3,16,18,19,20). The molecule has 1 aromatic heterocycles. The molecule has 1 rings (SSSR count). The van der Waals surface area contributed by atoms with Gasteiger partial charge in [0.2, 0.25) is 5.91 Å². The summed E-state index contributed by atoms with van der Waals surface area (Å²) in [5.74, 6) is 2.10. The summed E-state index contributed by atoms with van der Waals surface area (Å²) in [6.07, 6.45) is 0. The Labute approximate surface area is 126 Å². The molecule has 0 saturated heterocycles. The van der Waals surface area contributed by atoms with Crippen LogP contribution in [-0.4, -0.2) is 29.0 Å². The van der Waals surface area contributed by atoms with Crippen LogP contribution in [0.3, 0.4) is 0 Å². The summed E-state index contributed by atoms with van der Waals surface area (Å²) < 4.78 is 0. The van der Waals surface area contributed by atoms with E-state index in [1.54, 1.807) is 0 Å². The zero-order valence-electron chi connectivity index (χ0n) is 13.9. The number of nitrogen functional groups attached to an aromatic ring is 1. The van der Waals surface area contributed by atoms with Crippen LogP contribution in [0.15, 0.2) is 0 Å². The lowest BCUT2D eigenvalue weighted by Crippen LogP contribution is -2.33. The summed E-state index contributed by atoms with van der Waals surface area (Å²) in [7, 11) is 0. The number of nitrogens with one attached hydrogen (secondary N) is 2. The smallest absolute Gasteiger partial charge is 0.239 e. The van der Waals surface area contributed by atoms with Gasteiger partial charge in [-0.25, -0.2) is 9.97 Å². The minimum Gasteiger partial charge on any atom is -0.383 e. The summed E-state index contributed by atoms with van der Waals surface area (Å²) in [4.78, 5) is 20.6. The molecule has 4 N–H and O–H groups in total. The van der Waals surface area contributed by atoms with Gasteiger partial charge in [-0.05, 0) is 12.8 Å². The maximum atomic E-state index is 11.8. The van der Waals surface area contributed by atoms with Gasteiger partial charge in [0.25, 0.3) is 0 Å². The SMILES string of the molecule is Cc1c(N)nc(C(C)(C)C)nc1NCC(=O)NCC(C)C. The molecule has 1 amide bonds. The quantitative estimate of drug-likeness (QED) is 0.770. The van der Waals surface area contributed by atoms with Gasteiger partial charge in [-0.2, -0.15) is 0 Å². The largest absolute Gasteiger partial charge is 0.383 e. The number of nitrogens with two attached hydrogens (primary N) is 1. The molecule has 0 atom stereocenters. The van der Waals surface area contributed by atoms with Crippen LogP contribution >= 0.6 is 0 Å². The Kier molecular flexibility index (Phi) is 5.52. The maximum Gasteiger partial charge on any atom is 0.239 e. The number of hydrogen-bond acceptors (Lipinski definition) is 5. The summed E-state index contributed by atoms with van der Waals surface area (Å²) in [6.45, 7) is 12.9. The molecule has 6 heteroatoms. The van der Waals surface area contributed by atoms with Crippen molar-refractivity contribution in [2.45, 2.75) is 47.0 Å². The van der Waals surface area contributed by atoms with Gasteiger partial charge in [-0.1, -0.05) is 34.6 Å². The first-order valence-electron chi connectivity index (χ1n) is 7.26. The average Bonchev–Trinajstić information content (AvgIpc) is 2.36. The molecule has 0 saturated carbocycles. The zero-order chi connectivity index (χ0) is 16.2. The number of anilines is 2. The van der Waals surface area contributed by atoms with Crippen LogP contribution in [0.5, 0.6) is 0 Å². The molecule has 0 aliphatic rings. The molecule has 0 radical (unpaired) electrons. The number of aromatic nitrogens is 2. The van der Waals surface area contributed by atoms with Gasteiger partial charge < -0.3 is 16.4 Å². The Morgan fingerprint density at radius 1 is 1.29 bits per heavy atom. The van der Waals surface area contributed by atoms with Gasteiger partial charge >= 0.3 is 0 Å². The highest BCUT2D eigenvalue weighted by atomic mass is 16.1. The first-order chi connectivity index (χ1) is 9.61. The van der Waals surface area contributed by atoms with E-state index in [0.29, 0.717) is 29.9 Å². The van der Waals surface area contributed by atoms with Crippen molar-refractivity contribution in [1.29, 1.82) is 0 Å². The molecule has 1 heterocycles. The second-order valence-electron chi connectivity index (χ2n) is 6.71. The molecule has 0 unspecified atom stereocenters. The lowest BCUT2D eigenvalue weighted by Gasteiger charge is -2.19. The van der Waals surface area contributed by atoms with E-state index in [1.807, 2.05) is 27.7 Å². The number of carbonyl (C=O) groups excluding carboxylic acids is 1. The predicted molar refractivity (Wildman–Crippen MR) is 86.2 cm³/mol. The predicted octanol–water partition coefficient (Wildman–Crippen LogP) is 1.85. The van der Waals surface area contributed by atoms with Gasteiger partial charge in [0, 0.05) is 17.5 Å². The van der Waals surface area contributed by atoms with Gasteiger partial charge in [0.1, 0.15) is 17.5 Å². The average molecular weight is 293 g/mol. The fourth-order valence-electron chi connectivity index (χ4n) is 1.59. The Hall–Kier alpha value is -1.85. The van der Waals surface area contributed by atoms with Crippen LogP contribution in [0.4, 0.5) is 11.6 Å². The second-order valence-corrected chi connectivity index (χ2v) is 6.71. The molecule has 0 bridgehead atoms. The molecule has 0 aromatic carbocycles. The Morgan fingerprint density at radius 2 is 1.90 bits per heavy atom. The molecule has 6 nitrogen and oxygen atoms in total. The topological polar surface area (TPSA) is 92.9 Å². The molecule has 118 valence electrons. The molecule has 21 heavy (non-hydrogen) atoms. The lowest BCUT2D eigenvalue weighted by atomic mass is 9.95. The van der Waals surface area contributed by atoms with Crippen molar-refractivity contribution < 1.29 is 4.79 Å². The van der Waals surface area contributed by atoms with E-state index in [4.69, 9.17) is 5.73 Å². The first-order valence-corrected chi connectivity index (χ1v) is 7.26. The van der Waals surface area contributed by atoms with E-state index in [-0.39, 0.29) is 17.9 Å². The van der Waals surface area contributed by atoms with Gasteiger partial charge in [-0.15, -0.1) is 0 Å². The molecular weight excluding hydrogens is 266 g/mol. The van der Waals surface area contributed by atoms with Crippen molar-refractivity contribution in [3.05, 3.63) is 11.4 Å². The molecular formula is C15H27N5O. The van der Waals surface area contributed by atoms with Crippen molar-refractivity contribution in [1.82, 2.24) is 15.3 Å². The lowest BCUT2D eigenvalue weighted by molar-refractivity contribution is -0.119. The van der Waals surface area contributed by atoms with Crippen molar-refractivity contribution in [2.24, 2.45) is 5.92 Å². The van der Waals surface area contributed by atoms with Crippen molar-refractivity contribution in [2.75, 3.05) is 24.1 Å². The molecule has 0 fully saturated rings. The fraction of sp³-hybridized carbons (Fsp3) is 0.667. The van der Waals surface area contributed by atoms with E-state index >= 15 is 0 Å². The van der Waals surface area contributed by atoms with E-state index in [1.165, 1.54) is 0 Å². The number of nitrogens with zero attached hydrogens (tertiary/aromatic N) is 2. The number of amides is 1. The Morgan fingerprint density at radius 3 is 2.43 bits per heavy atom. The zero-order valence-corrected chi connectivity index (χ0v) is 13.9. The van der Waals surface area contributed by atoms with E-state index in [0.717, 1.165) is 5.56 Å². The summed E-state index contributed by atoms with van der Waals surface area (Å²) in [5, 5.41) is 5.90. The third kappa shape index (κ3) is 5.21. The third-order valence-electron chi connectivity index (χ3n) is 2.98. The van der Waals surface area contributed by atoms with Crippen LogP contribution in [0.2, 0.25) is 0 Å². The van der Waals surface area contributed by atoms with Crippen LogP contribution < -0.4 is 16.4 Å². The number of carbonyl (C=O) groups is 1. The number of rotatable bonds is 5. The van der Waals surface area contributed by atoms with E-state index < -0.39 is 0 Å². The van der Waals surface area contributed by atoms with Gasteiger partial charge in [-0.3, -0.25) is 4.79 Å². The van der Waals surface area contributed by atoms with Crippen molar-refractivity contribution in [3.63, 3.8) is 0 Å². The fourth-order valence-corrected chi connectivity index (χ4v) is 1.59. The summed E-state index contributed by atoms with van der Waals surface area (Å²) >= 11 is 0. The van der Waals surface area contributed by atoms with Gasteiger partial charge in [0.05, 0.1) is 6.54 Å². The van der Waals surface area contributed by atoms with Gasteiger partial charge in [0.15, 0.2) is 0 Å². The minimum absolute atomic E-state index is 0.0578. The van der Waals surface area contributed by atoms with Crippen LogP contribution in [0.1, 0.15) is 46.0 Å². The van der Waals surface area contributed by atoms with Crippen molar-refractivity contribution in [3.8, 4) is 0 Å². The Balaban J connectivity index is 2.79. The van der Waals surface area contributed by atoms with E-state index in [9.17, 15) is 4.79 Å². The number of hydrogen-bond donors (Lipinski definition) is 3. The molecule has 0 aliphatic carbocycles. The van der Waals surface area contributed by atoms with Crippen LogP contribution in [0, 0.1) is 12.8 Å². The highest BCUT2D eigenvalue weighted by molar-refractivity contribution is 5.80. The Bertz CT molecular complexity index is 506. The van der Waals surface area contributed by atoms with E-state index in [2.05, 4.69) is 34.4 Å². The molecule has 1 aromatic rings. The van der Waals surface area contributed by atoms with Crippen LogP contribution in [0.25, 0.3) is 0 Å². The van der Waals surface area contributed by atoms with Crippen molar-refractivity contribution >= 4 is 17.5 Å². The second kappa shape index (κ2) is 6.74. The summed E-state index contributed by atoms with van der Waals surface area (Å²) in [5.41, 5.74) is 6.50. The first kappa shape index (κ1) is 17.2. The monoisotopic (exact) mass is 293 g/mol. The third-order valence-corrected chi connectivity index (χ3v) is 2.98. The van der Waals surface area contributed by atoms with Crippen LogP contribution in [-0.2, 0) is 10.2 Å².